The molecule has 1 saturated heterocycles. The van der Waals surface area contributed by atoms with E-state index in [9.17, 15) is 4.39 Å². The average molecular weight is 421 g/mol. The van der Waals surface area contributed by atoms with Crippen LogP contribution < -0.4 is 10.2 Å². The van der Waals surface area contributed by atoms with Crippen LogP contribution in [0, 0.1) is 5.82 Å². The summed E-state index contributed by atoms with van der Waals surface area (Å²) in [6, 6.07) is 15.1. The van der Waals surface area contributed by atoms with E-state index in [0.29, 0.717) is 11.2 Å². The van der Waals surface area contributed by atoms with Crippen LogP contribution in [0.3, 0.4) is 0 Å². The van der Waals surface area contributed by atoms with Gasteiger partial charge in [-0.2, -0.15) is 0 Å². The van der Waals surface area contributed by atoms with E-state index in [1.54, 1.807) is 12.1 Å². The van der Waals surface area contributed by atoms with Crippen molar-refractivity contribution in [1.29, 1.82) is 0 Å². The van der Waals surface area contributed by atoms with Gasteiger partial charge in [0.05, 0.1) is 17.8 Å². The lowest BCUT2D eigenvalue weighted by atomic mass is 9.95. The van der Waals surface area contributed by atoms with Crippen LogP contribution in [0.5, 0.6) is 0 Å². The number of aromatic nitrogens is 2. The van der Waals surface area contributed by atoms with Gasteiger partial charge in [0.15, 0.2) is 5.11 Å². The van der Waals surface area contributed by atoms with Gasteiger partial charge in [0, 0.05) is 30.3 Å². The SMILES string of the molecule is Fc1ccc(N2C(=S)N[C@H](c3ccccn3)[C@H]2c2ccn(C3CCCCC3)c2)cc1. The van der Waals surface area contributed by atoms with E-state index in [0.717, 1.165) is 11.4 Å². The first-order valence-corrected chi connectivity index (χ1v) is 11.0. The maximum atomic E-state index is 13.6. The molecule has 5 rings (SSSR count). The van der Waals surface area contributed by atoms with Crippen LogP contribution in [0.1, 0.15) is 61.5 Å². The van der Waals surface area contributed by atoms with E-state index in [4.69, 9.17) is 12.2 Å². The first-order chi connectivity index (χ1) is 14.7. The zero-order valence-corrected chi connectivity index (χ0v) is 17.6. The smallest absolute Gasteiger partial charge is 0.174 e. The van der Waals surface area contributed by atoms with Gasteiger partial charge < -0.3 is 14.8 Å². The number of anilines is 1. The first kappa shape index (κ1) is 19.2. The summed E-state index contributed by atoms with van der Waals surface area (Å²) < 4.78 is 15.9. The Morgan fingerprint density at radius 1 is 1.00 bits per heavy atom. The zero-order valence-electron chi connectivity index (χ0n) is 16.7. The lowest BCUT2D eigenvalue weighted by Crippen LogP contribution is -2.29. The van der Waals surface area contributed by atoms with Gasteiger partial charge in [-0.1, -0.05) is 25.3 Å². The molecule has 1 aliphatic carbocycles. The Morgan fingerprint density at radius 3 is 2.53 bits per heavy atom. The van der Waals surface area contributed by atoms with Gasteiger partial charge in [0.25, 0.3) is 0 Å². The predicted molar refractivity (Wildman–Crippen MR) is 121 cm³/mol. The van der Waals surface area contributed by atoms with E-state index < -0.39 is 0 Å². The fraction of sp³-hybridized carbons (Fsp3) is 0.333. The Balaban J connectivity index is 1.54. The molecule has 6 heteroatoms. The number of pyridine rings is 1. The molecule has 4 nitrogen and oxygen atoms in total. The van der Waals surface area contributed by atoms with Gasteiger partial charge in [-0.15, -0.1) is 0 Å². The summed E-state index contributed by atoms with van der Waals surface area (Å²) in [5.74, 6) is -0.252. The summed E-state index contributed by atoms with van der Waals surface area (Å²) in [6.45, 7) is 0. The second-order valence-electron chi connectivity index (χ2n) is 8.16. The lowest BCUT2D eigenvalue weighted by Gasteiger charge is -2.28. The van der Waals surface area contributed by atoms with Crippen molar-refractivity contribution in [1.82, 2.24) is 14.9 Å². The molecule has 1 aliphatic heterocycles. The van der Waals surface area contributed by atoms with Crippen LogP contribution in [0.15, 0.2) is 67.1 Å². The maximum absolute atomic E-state index is 13.6. The molecule has 1 N–H and O–H groups in total. The second kappa shape index (κ2) is 8.19. The molecule has 0 bridgehead atoms. The number of benzene rings is 1. The van der Waals surface area contributed by atoms with Crippen molar-refractivity contribution < 1.29 is 4.39 Å². The third kappa shape index (κ3) is 3.60. The standard InChI is InChI=1S/C24H25FN4S/c25-18-9-11-20(12-10-18)29-23(22(27-24(29)30)21-8-4-5-14-26-21)17-13-15-28(16-17)19-6-2-1-3-7-19/h4-5,8-16,19,22-23H,1-3,6-7H2,(H,27,30)/t22-,23-/m1/s1. The molecule has 0 unspecified atom stereocenters. The fourth-order valence-electron chi connectivity index (χ4n) is 4.79. The van der Waals surface area contributed by atoms with E-state index in [1.165, 1.54) is 49.8 Å². The van der Waals surface area contributed by atoms with Crippen molar-refractivity contribution in [3.05, 3.63) is 84.2 Å². The number of nitrogens with zero attached hydrogens (tertiary/aromatic N) is 3. The molecule has 0 spiro atoms. The molecule has 3 heterocycles. The zero-order chi connectivity index (χ0) is 20.5. The van der Waals surface area contributed by atoms with Crippen molar-refractivity contribution in [3.8, 4) is 0 Å². The largest absolute Gasteiger partial charge is 0.351 e. The quantitative estimate of drug-likeness (QED) is 0.549. The molecular weight excluding hydrogens is 395 g/mol. The van der Waals surface area contributed by atoms with Gasteiger partial charge in [0.1, 0.15) is 5.82 Å². The lowest BCUT2D eigenvalue weighted by molar-refractivity contribution is 0.353. The maximum Gasteiger partial charge on any atom is 0.174 e. The van der Waals surface area contributed by atoms with Crippen molar-refractivity contribution in [2.75, 3.05) is 4.90 Å². The molecule has 2 atom stereocenters. The Morgan fingerprint density at radius 2 is 1.80 bits per heavy atom. The van der Waals surface area contributed by atoms with Crippen molar-refractivity contribution >= 4 is 23.0 Å². The second-order valence-corrected chi connectivity index (χ2v) is 8.54. The summed E-state index contributed by atoms with van der Waals surface area (Å²) in [7, 11) is 0. The Labute approximate surface area is 181 Å². The normalized spacial score (nSPS) is 22.3. The number of hydrogen-bond acceptors (Lipinski definition) is 2. The number of thiocarbonyl (C=S) groups is 1. The minimum absolute atomic E-state index is 0.0531. The van der Waals surface area contributed by atoms with Gasteiger partial charge in [-0.05, 0) is 73.1 Å². The summed E-state index contributed by atoms with van der Waals surface area (Å²) >= 11 is 5.73. The summed E-state index contributed by atoms with van der Waals surface area (Å²) in [5.41, 5.74) is 3.01. The minimum Gasteiger partial charge on any atom is -0.351 e. The minimum atomic E-state index is -0.252. The highest BCUT2D eigenvalue weighted by atomic mass is 32.1. The molecule has 0 amide bonds. The Hall–Kier alpha value is -2.73. The van der Waals surface area contributed by atoms with Crippen LogP contribution >= 0.6 is 12.2 Å². The summed E-state index contributed by atoms with van der Waals surface area (Å²) in [5, 5.41) is 4.09. The topological polar surface area (TPSA) is 33.1 Å². The van der Waals surface area contributed by atoms with Gasteiger partial charge in [-0.3, -0.25) is 4.98 Å². The van der Waals surface area contributed by atoms with Crippen molar-refractivity contribution in [2.45, 2.75) is 50.2 Å². The van der Waals surface area contributed by atoms with Gasteiger partial charge in [0.2, 0.25) is 0 Å². The number of nitrogens with one attached hydrogen (secondary N) is 1. The van der Waals surface area contributed by atoms with Crippen LogP contribution in [0.2, 0.25) is 0 Å². The van der Waals surface area contributed by atoms with Gasteiger partial charge >= 0.3 is 0 Å². The van der Waals surface area contributed by atoms with E-state index in [-0.39, 0.29) is 17.9 Å². The molecule has 0 radical (unpaired) electrons. The highest BCUT2D eigenvalue weighted by Gasteiger charge is 2.41. The van der Waals surface area contributed by atoms with E-state index >= 15 is 0 Å². The molecule has 154 valence electrons. The third-order valence-electron chi connectivity index (χ3n) is 6.28. The highest BCUT2D eigenvalue weighted by molar-refractivity contribution is 7.80. The van der Waals surface area contributed by atoms with Gasteiger partial charge in [-0.25, -0.2) is 4.39 Å². The summed E-state index contributed by atoms with van der Waals surface area (Å²) in [4.78, 5) is 6.69. The summed E-state index contributed by atoms with van der Waals surface area (Å²) in [6.07, 6.45) is 12.7. The number of hydrogen-bond donors (Lipinski definition) is 1. The first-order valence-electron chi connectivity index (χ1n) is 10.6. The molecule has 2 aliphatic rings. The van der Waals surface area contributed by atoms with Crippen molar-refractivity contribution in [2.24, 2.45) is 0 Å². The van der Waals surface area contributed by atoms with Crippen LogP contribution in [0.25, 0.3) is 0 Å². The molecule has 30 heavy (non-hydrogen) atoms. The molecule has 2 aromatic heterocycles. The van der Waals surface area contributed by atoms with E-state index in [1.807, 2.05) is 24.4 Å². The Kier molecular flexibility index (Phi) is 5.25. The molecule has 2 fully saturated rings. The number of rotatable bonds is 4. The molecule has 1 saturated carbocycles. The molecule has 3 aromatic rings. The van der Waals surface area contributed by atoms with Crippen LogP contribution in [0.4, 0.5) is 10.1 Å². The Bertz CT molecular complexity index is 1010. The highest BCUT2D eigenvalue weighted by Crippen LogP contribution is 2.42. The third-order valence-corrected chi connectivity index (χ3v) is 6.59. The van der Waals surface area contributed by atoms with Crippen LogP contribution in [-0.2, 0) is 0 Å². The number of halogens is 1. The fourth-order valence-corrected chi connectivity index (χ4v) is 5.13. The van der Waals surface area contributed by atoms with Crippen molar-refractivity contribution in [3.63, 3.8) is 0 Å². The predicted octanol–water partition coefficient (Wildman–Crippen LogP) is 5.70. The average Bonchev–Trinajstić information content (AvgIpc) is 3.40. The molecule has 1 aromatic carbocycles. The monoisotopic (exact) mass is 420 g/mol. The van der Waals surface area contributed by atoms with Crippen LogP contribution in [-0.4, -0.2) is 14.7 Å². The van der Waals surface area contributed by atoms with E-state index in [2.05, 4.69) is 38.2 Å². The molecular formula is C24H25FN4S.